The van der Waals surface area contributed by atoms with Crippen molar-refractivity contribution in [3.63, 3.8) is 0 Å². The Kier molecular flexibility index (Phi) is 7.04. The summed E-state index contributed by atoms with van der Waals surface area (Å²) in [7, 11) is -2.31. The normalized spacial score (nSPS) is 22.0. The van der Waals surface area contributed by atoms with Gasteiger partial charge in [-0.15, -0.1) is 12.4 Å². The molecule has 146 valence electrons. The highest BCUT2D eigenvalue weighted by Crippen LogP contribution is 2.25. The summed E-state index contributed by atoms with van der Waals surface area (Å²) in [6.45, 7) is 6.58. The average Bonchev–Trinajstić information content (AvgIpc) is 3.13. The first-order chi connectivity index (χ1) is 11.9. The van der Waals surface area contributed by atoms with Crippen molar-refractivity contribution in [1.29, 1.82) is 0 Å². The van der Waals surface area contributed by atoms with Crippen LogP contribution in [0.4, 0.5) is 0 Å². The smallest absolute Gasteiger partial charge is 0.338 e. The van der Waals surface area contributed by atoms with Crippen LogP contribution in [-0.2, 0) is 14.8 Å². The lowest BCUT2D eigenvalue weighted by atomic mass is 10.1. The van der Waals surface area contributed by atoms with Crippen molar-refractivity contribution in [2.45, 2.75) is 24.3 Å². The van der Waals surface area contributed by atoms with Gasteiger partial charge in [-0.3, -0.25) is 4.90 Å². The minimum absolute atomic E-state index is 0. The first kappa shape index (κ1) is 21.1. The first-order valence-electron chi connectivity index (χ1n) is 8.57. The zero-order valence-electron chi connectivity index (χ0n) is 15.1. The molecule has 0 aliphatic carbocycles. The number of esters is 1. The summed E-state index contributed by atoms with van der Waals surface area (Å²) in [6, 6.07) is 4.91. The Morgan fingerprint density at radius 3 is 2.58 bits per heavy atom. The first-order valence-corrected chi connectivity index (χ1v) is 10.0. The van der Waals surface area contributed by atoms with Crippen LogP contribution in [0.25, 0.3) is 0 Å². The fourth-order valence-electron chi connectivity index (χ4n) is 3.51. The Labute approximate surface area is 161 Å². The number of carbonyl (C=O) groups excluding carboxylic acids is 1. The average molecular weight is 404 g/mol. The van der Waals surface area contributed by atoms with Gasteiger partial charge in [-0.2, -0.15) is 4.31 Å². The van der Waals surface area contributed by atoms with Crippen LogP contribution in [0.1, 0.15) is 22.3 Å². The van der Waals surface area contributed by atoms with E-state index in [9.17, 15) is 13.2 Å². The summed E-state index contributed by atoms with van der Waals surface area (Å²) in [4.78, 5) is 14.4. The second-order valence-corrected chi connectivity index (χ2v) is 8.50. The Morgan fingerprint density at radius 1 is 1.23 bits per heavy atom. The van der Waals surface area contributed by atoms with Gasteiger partial charge >= 0.3 is 5.97 Å². The van der Waals surface area contributed by atoms with E-state index in [2.05, 4.69) is 10.2 Å². The van der Waals surface area contributed by atoms with Crippen LogP contribution in [0.15, 0.2) is 23.1 Å². The molecule has 3 rings (SSSR count). The van der Waals surface area contributed by atoms with E-state index in [0.717, 1.165) is 32.6 Å². The number of carbonyl (C=O) groups is 1. The Balaban J connectivity index is 0.00000243. The molecule has 0 amide bonds. The summed E-state index contributed by atoms with van der Waals surface area (Å²) in [5.74, 6) is -0.519. The number of sulfonamides is 1. The largest absolute Gasteiger partial charge is 0.465 e. The predicted octanol–water partition coefficient (Wildman–Crippen LogP) is 0.872. The summed E-state index contributed by atoms with van der Waals surface area (Å²) >= 11 is 0. The van der Waals surface area contributed by atoms with Crippen LogP contribution in [0.5, 0.6) is 0 Å². The quantitative estimate of drug-likeness (QED) is 0.751. The standard InChI is InChI=1S/C17H25N3O4S.ClH/c1-13-3-4-15(11-16(13)17(21)24-2)25(22,23)20-8-5-14(12-20)19-9-6-18-7-10-19;/h3-4,11,14,18H,5-10,12H2,1-2H3;1H. The SMILES string of the molecule is COC(=O)c1cc(S(=O)(=O)N2CCC(N3CCNCC3)C2)ccc1C.Cl. The Bertz CT molecular complexity index is 750. The Hall–Kier alpha value is -1.19. The van der Waals surface area contributed by atoms with E-state index in [-0.39, 0.29) is 23.3 Å². The zero-order valence-corrected chi connectivity index (χ0v) is 16.7. The topological polar surface area (TPSA) is 79.0 Å². The van der Waals surface area contributed by atoms with E-state index >= 15 is 0 Å². The van der Waals surface area contributed by atoms with Crippen molar-refractivity contribution in [1.82, 2.24) is 14.5 Å². The summed E-state index contributed by atoms with van der Waals surface area (Å²) < 4.78 is 32.2. The number of benzene rings is 1. The Morgan fingerprint density at radius 2 is 1.92 bits per heavy atom. The maximum atomic E-state index is 13.0. The van der Waals surface area contributed by atoms with Crippen molar-refractivity contribution >= 4 is 28.4 Å². The number of halogens is 1. The molecule has 0 bridgehead atoms. The second-order valence-electron chi connectivity index (χ2n) is 6.56. The van der Waals surface area contributed by atoms with Crippen molar-refractivity contribution in [2.24, 2.45) is 0 Å². The third kappa shape index (κ3) is 4.20. The van der Waals surface area contributed by atoms with Gasteiger partial charge in [0.15, 0.2) is 0 Å². The second kappa shape index (κ2) is 8.67. The van der Waals surface area contributed by atoms with Crippen molar-refractivity contribution in [2.75, 3.05) is 46.4 Å². The lowest BCUT2D eigenvalue weighted by Gasteiger charge is -2.32. The third-order valence-corrected chi connectivity index (χ3v) is 6.91. The van der Waals surface area contributed by atoms with E-state index < -0.39 is 16.0 Å². The van der Waals surface area contributed by atoms with Gasteiger partial charge in [0.2, 0.25) is 10.0 Å². The van der Waals surface area contributed by atoms with Crippen LogP contribution in [0.2, 0.25) is 0 Å². The number of piperazine rings is 1. The fraction of sp³-hybridized carbons (Fsp3) is 0.588. The number of nitrogens with zero attached hydrogens (tertiary/aromatic N) is 2. The fourth-order valence-corrected chi connectivity index (χ4v) is 5.03. The minimum Gasteiger partial charge on any atom is -0.465 e. The summed E-state index contributed by atoms with van der Waals surface area (Å²) in [6.07, 6.45) is 0.842. The number of hydrogen-bond acceptors (Lipinski definition) is 6. The molecule has 26 heavy (non-hydrogen) atoms. The molecule has 2 saturated heterocycles. The van der Waals surface area contributed by atoms with E-state index in [4.69, 9.17) is 4.74 Å². The van der Waals surface area contributed by atoms with Gasteiger partial charge in [-0.25, -0.2) is 13.2 Å². The summed E-state index contributed by atoms with van der Waals surface area (Å²) in [5, 5.41) is 3.32. The molecule has 0 aromatic heterocycles. The highest BCUT2D eigenvalue weighted by atomic mass is 35.5. The van der Waals surface area contributed by atoms with Crippen molar-refractivity contribution in [3.05, 3.63) is 29.3 Å². The molecule has 1 unspecified atom stereocenters. The molecule has 1 aromatic carbocycles. The maximum absolute atomic E-state index is 13.0. The van der Waals surface area contributed by atoms with Crippen LogP contribution < -0.4 is 5.32 Å². The molecule has 9 heteroatoms. The van der Waals surface area contributed by atoms with Gasteiger partial charge in [-0.05, 0) is 31.0 Å². The molecular weight excluding hydrogens is 378 g/mol. The van der Waals surface area contributed by atoms with Crippen LogP contribution in [-0.4, -0.2) is 76.0 Å². The lowest BCUT2D eigenvalue weighted by Crippen LogP contribution is -2.49. The van der Waals surface area contributed by atoms with E-state index in [0.29, 0.717) is 24.2 Å². The number of rotatable bonds is 4. The monoisotopic (exact) mass is 403 g/mol. The van der Waals surface area contributed by atoms with Gasteiger partial charge < -0.3 is 10.1 Å². The van der Waals surface area contributed by atoms with Gasteiger partial charge in [0, 0.05) is 45.3 Å². The number of ether oxygens (including phenoxy) is 1. The van der Waals surface area contributed by atoms with E-state index in [1.54, 1.807) is 19.1 Å². The number of methoxy groups -OCH3 is 1. The van der Waals surface area contributed by atoms with Crippen LogP contribution in [0.3, 0.4) is 0 Å². The van der Waals surface area contributed by atoms with Crippen LogP contribution >= 0.6 is 12.4 Å². The number of nitrogens with one attached hydrogen (secondary N) is 1. The molecule has 7 nitrogen and oxygen atoms in total. The van der Waals surface area contributed by atoms with Crippen LogP contribution in [0, 0.1) is 6.92 Å². The molecule has 2 fully saturated rings. The predicted molar refractivity (Wildman–Crippen MR) is 101 cm³/mol. The highest BCUT2D eigenvalue weighted by molar-refractivity contribution is 7.89. The molecule has 1 aromatic rings. The minimum atomic E-state index is -3.61. The molecule has 0 spiro atoms. The highest BCUT2D eigenvalue weighted by Gasteiger charge is 2.35. The molecule has 2 aliphatic rings. The number of hydrogen-bond donors (Lipinski definition) is 1. The zero-order chi connectivity index (χ0) is 18.0. The van der Waals surface area contributed by atoms with Gasteiger partial charge in [0.25, 0.3) is 0 Å². The molecule has 1 atom stereocenters. The van der Waals surface area contributed by atoms with Gasteiger partial charge in [-0.1, -0.05) is 6.07 Å². The third-order valence-electron chi connectivity index (χ3n) is 5.05. The van der Waals surface area contributed by atoms with Crippen molar-refractivity contribution < 1.29 is 17.9 Å². The lowest BCUT2D eigenvalue weighted by molar-refractivity contribution is 0.0599. The van der Waals surface area contributed by atoms with E-state index in [1.807, 2.05) is 0 Å². The van der Waals surface area contributed by atoms with E-state index in [1.165, 1.54) is 17.5 Å². The van der Waals surface area contributed by atoms with Crippen molar-refractivity contribution in [3.8, 4) is 0 Å². The molecule has 2 aliphatic heterocycles. The van der Waals surface area contributed by atoms with Gasteiger partial charge in [0.1, 0.15) is 0 Å². The molecule has 0 saturated carbocycles. The molecule has 1 N–H and O–H groups in total. The molecule has 2 heterocycles. The molecule has 0 radical (unpaired) electrons. The summed E-state index contributed by atoms with van der Waals surface area (Å²) in [5.41, 5.74) is 0.993. The number of aryl methyl sites for hydroxylation is 1. The maximum Gasteiger partial charge on any atom is 0.338 e. The molecular formula is C17H26ClN3O4S. The van der Waals surface area contributed by atoms with Gasteiger partial charge in [0.05, 0.1) is 17.6 Å².